The third-order valence-corrected chi connectivity index (χ3v) is 3.54. The van der Waals surface area contributed by atoms with Gasteiger partial charge in [-0.3, -0.25) is 0 Å². The summed E-state index contributed by atoms with van der Waals surface area (Å²) in [5, 5.41) is 18.9. The molecule has 0 aliphatic heterocycles. The number of nitrogens with zero attached hydrogens (tertiary/aromatic N) is 3. The van der Waals surface area contributed by atoms with Crippen molar-refractivity contribution in [3.05, 3.63) is 41.3 Å². The van der Waals surface area contributed by atoms with Gasteiger partial charge in [-0.15, -0.1) is 0 Å². The maximum Gasteiger partial charge on any atom is 0.315 e. The van der Waals surface area contributed by atoms with E-state index in [2.05, 4.69) is 20.7 Å². The summed E-state index contributed by atoms with van der Waals surface area (Å²) in [4.78, 5) is 16.1. The molecule has 124 valence electrons. The van der Waals surface area contributed by atoms with Crippen molar-refractivity contribution in [1.29, 1.82) is 0 Å². The van der Waals surface area contributed by atoms with Crippen molar-refractivity contribution in [2.24, 2.45) is 0 Å². The first-order valence-electron chi connectivity index (χ1n) is 7.67. The molecular weight excluding hydrogens is 294 g/mol. The molecule has 7 nitrogen and oxygen atoms in total. The van der Waals surface area contributed by atoms with Crippen LogP contribution in [0.15, 0.2) is 24.4 Å². The van der Waals surface area contributed by atoms with Gasteiger partial charge in [-0.2, -0.15) is 5.10 Å². The molecule has 0 saturated carbocycles. The van der Waals surface area contributed by atoms with E-state index in [1.54, 1.807) is 10.9 Å². The van der Waals surface area contributed by atoms with Gasteiger partial charge in [0.25, 0.3) is 0 Å². The van der Waals surface area contributed by atoms with E-state index in [0.29, 0.717) is 13.0 Å². The molecule has 3 N–H and O–H groups in total. The maximum atomic E-state index is 11.7. The number of aliphatic hydroxyl groups is 1. The van der Waals surface area contributed by atoms with Crippen LogP contribution in [-0.2, 0) is 6.54 Å². The fourth-order valence-electron chi connectivity index (χ4n) is 2.20. The van der Waals surface area contributed by atoms with E-state index in [1.165, 1.54) is 0 Å². The first-order valence-corrected chi connectivity index (χ1v) is 7.67. The number of amides is 2. The molecule has 0 unspecified atom stereocenters. The van der Waals surface area contributed by atoms with Crippen LogP contribution in [0.4, 0.5) is 4.79 Å². The zero-order valence-electron chi connectivity index (χ0n) is 13.7. The molecule has 2 aromatic rings. The summed E-state index contributed by atoms with van der Waals surface area (Å²) in [6.45, 7) is 6.13. The fraction of sp³-hybridized carbons (Fsp3) is 0.438. The Kier molecular flexibility index (Phi) is 5.70. The molecule has 2 aromatic heterocycles. The van der Waals surface area contributed by atoms with Crippen molar-refractivity contribution in [1.82, 2.24) is 25.4 Å². The number of hydrogen-bond donors (Lipinski definition) is 3. The van der Waals surface area contributed by atoms with Gasteiger partial charge in [-0.25, -0.2) is 14.5 Å². The SMILES string of the molecule is CC[C@H](CO)NC(=O)NCc1ccc(-n2nc(C)cc2C)nc1. The van der Waals surface area contributed by atoms with E-state index in [-0.39, 0.29) is 18.7 Å². The van der Waals surface area contributed by atoms with Crippen LogP contribution < -0.4 is 10.6 Å². The quantitative estimate of drug-likeness (QED) is 0.752. The van der Waals surface area contributed by atoms with Crippen LogP contribution in [0, 0.1) is 13.8 Å². The van der Waals surface area contributed by atoms with Gasteiger partial charge in [-0.1, -0.05) is 13.0 Å². The summed E-state index contributed by atoms with van der Waals surface area (Å²) in [5.41, 5.74) is 2.86. The highest BCUT2D eigenvalue weighted by atomic mass is 16.3. The minimum Gasteiger partial charge on any atom is -0.394 e. The van der Waals surface area contributed by atoms with Crippen LogP contribution in [0.3, 0.4) is 0 Å². The number of rotatable bonds is 6. The van der Waals surface area contributed by atoms with Crippen molar-refractivity contribution in [2.45, 2.75) is 39.8 Å². The Labute approximate surface area is 135 Å². The number of urea groups is 1. The average Bonchev–Trinajstić information content (AvgIpc) is 2.89. The van der Waals surface area contributed by atoms with Crippen molar-refractivity contribution in [3.63, 3.8) is 0 Å². The number of aryl methyl sites for hydroxylation is 2. The smallest absolute Gasteiger partial charge is 0.315 e. The molecule has 0 bridgehead atoms. The lowest BCUT2D eigenvalue weighted by atomic mass is 10.2. The zero-order valence-corrected chi connectivity index (χ0v) is 13.7. The highest BCUT2D eigenvalue weighted by Gasteiger charge is 2.09. The standard InChI is InChI=1S/C16H23N5O2/c1-4-14(10-22)19-16(23)18-9-13-5-6-15(17-8-13)21-12(3)7-11(2)20-21/h5-8,14,22H,4,9-10H2,1-3H3,(H2,18,19,23)/t14-/m1/s1. The fourth-order valence-corrected chi connectivity index (χ4v) is 2.20. The lowest BCUT2D eigenvalue weighted by Gasteiger charge is -2.14. The Morgan fingerprint density at radius 3 is 2.70 bits per heavy atom. The second-order valence-electron chi connectivity index (χ2n) is 5.48. The summed E-state index contributed by atoms with van der Waals surface area (Å²) >= 11 is 0. The molecular formula is C16H23N5O2. The largest absolute Gasteiger partial charge is 0.394 e. The Bertz CT molecular complexity index is 647. The highest BCUT2D eigenvalue weighted by molar-refractivity contribution is 5.74. The summed E-state index contributed by atoms with van der Waals surface area (Å²) in [6.07, 6.45) is 2.40. The van der Waals surface area contributed by atoms with Gasteiger partial charge in [-0.05, 0) is 38.0 Å². The van der Waals surface area contributed by atoms with Gasteiger partial charge in [0.2, 0.25) is 0 Å². The number of aliphatic hydroxyl groups excluding tert-OH is 1. The topological polar surface area (TPSA) is 92.1 Å². The maximum absolute atomic E-state index is 11.7. The predicted molar refractivity (Wildman–Crippen MR) is 87.4 cm³/mol. The van der Waals surface area contributed by atoms with Gasteiger partial charge in [0.05, 0.1) is 18.3 Å². The van der Waals surface area contributed by atoms with Gasteiger partial charge in [0.15, 0.2) is 5.82 Å². The lowest BCUT2D eigenvalue weighted by Crippen LogP contribution is -2.43. The van der Waals surface area contributed by atoms with Gasteiger partial charge >= 0.3 is 6.03 Å². The zero-order chi connectivity index (χ0) is 16.8. The number of carbonyl (C=O) groups excluding carboxylic acids is 1. The molecule has 0 fully saturated rings. The van der Waals surface area contributed by atoms with Crippen LogP contribution >= 0.6 is 0 Å². The number of carbonyl (C=O) groups is 1. The second-order valence-corrected chi connectivity index (χ2v) is 5.48. The Morgan fingerprint density at radius 1 is 1.39 bits per heavy atom. The van der Waals surface area contributed by atoms with E-state index < -0.39 is 0 Å². The predicted octanol–water partition coefficient (Wildman–Crippen LogP) is 1.45. The monoisotopic (exact) mass is 317 g/mol. The molecule has 0 radical (unpaired) electrons. The van der Waals surface area contributed by atoms with Crippen LogP contribution in [0.1, 0.15) is 30.3 Å². The normalized spacial score (nSPS) is 12.0. The number of hydrogen-bond acceptors (Lipinski definition) is 4. The van der Waals surface area contributed by atoms with E-state index in [4.69, 9.17) is 5.11 Å². The minimum absolute atomic E-state index is 0.0667. The number of nitrogens with one attached hydrogen (secondary N) is 2. The molecule has 0 aliphatic rings. The highest BCUT2D eigenvalue weighted by Crippen LogP contribution is 2.10. The van der Waals surface area contributed by atoms with Crippen LogP contribution in [0.5, 0.6) is 0 Å². The van der Waals surface area contributed by atoms with Crippen LogP contribution in [-0.4, -0.2) is 38.6 Å². The summed E-state index contributed by atoms with van der Waals surface area (Å²) in [7, 11) is 0. The van der Waals surface area contributed by atoms with Crippen molar-refractivity contribution in [2.75, 3.05) is 6.61 Å². The molecule has 0 saturated heterocycles. The Balaban J connectivity index is 1.93. The van der Waals surface area contributed by atoms with Crippen LogP contribution in [0.2, 0.25) is 0 Å². The second kappa shape index (κ2) is 7.73. The first kappa shape index (κ1) is 17.0. The number of pyridine rings is 1. The van der Waals surface area contributed by atoms with Crippen molar-refractivity contribution >= 4 is 6.03 Å². The van der Waals surface area contributed by atoms with E-state index in [0.717, 1.165) is 22.8 Å². The lowest BCUT2D eigenvalue weighted by molar-refractivity contribution is 0.214. The van der Waals surface area contributed by atoms with Gasteiger partial charge in [0, 0.05) is 18.4 Å². The molecule has 2 heterocycles. The van der Waals surface area contributed by atoms with Gasteiger partial charge < -0.3 is 15.7 Å². The molecule has 0 spiro atoms. The summed E-state index contributed by atoms with van der Waals surface area (Å²) in [6, 6.07) is 5.25. The Morgan fingerprint density at radius 2 is 2.17 bits per heavy atom. The molecule has 0 aliphatic carbocycles. The summed E-state index contributed by atoms with van der Waals surface area (Å²) < 4.78 is 1.78. The molecule has 7 heteroatoms. The third kappa shape index (κ3) is 4.53. The molecule has 2 rings (SSSR count). The molecule has 0 aromatic carbocycles. The Hall–Kier alpha value is -2.41. The molecule has 2 amide bonds. The molecule has 23 heavy (non-hydrogen) atoms. The average molecular weight is 317 g/mol. The van der Waals surface area contributed by atoms with Crippen LogP contribution in [0.25, 0.3) is 5.82 Å². The third-order valence-electron chi connectivity index (χ3n) is 3.54. The van der Waals surface area contributed by atoms with Crippen molar-refractivity contribution < 1.29 is 9.90 Å². The number of aromatic nitrogens is 3. The minimum atomic E-state index is -0.298. The van der Waals surface area contributed by atoms with Crippen molar-refractivity contribution in [3.8, 4) is 5.82 Å². The van der Waals surface area contributed by atoms with Gasteiger partial charge in [0.1, 0.15) is 0 Å². The van der Waals surface area contributed by atoms with E-state index in [9.17, 15) is 4.79 Å². The first-order chi connectivity index (χ1) is 11.0. The van der Waals surface area contributed by atoms with E-state index in [1.807, 2.05) is 39.0 Å². The molecule has 1 atom stereocenters. The van der Waals surface area contributed by atoms with E-state index >= 15 is 0 Å². The summed E-state index contributed by atoms with van der Waals surface area (Å²) in [5.74, 6) is 0.745.